The standard InChI is InChI=1S/C28H22N2O4/c1-34-26-11-6-17(12-25(26)31)15-29-16-24-23-14-21(9-10-22(23)27(32)30-28(24)33)20-8-7-18-4-2-3-5-19(18)13-20/h2-14,16,29,31H,15H2,1H3,(H,30,32,33)/b24-16-. The number of fused-ring (bicyclic) bond motifs is 2. The topological polar surface area (TPSA) is 87.7 Å². The first-order valence-electron chi connectivity index (χ1n) is 10.8. The summed E-state index contributed by atoms with van der Waals surface area (Å²) < 4.78 is 5.07. The third-order valence-corrected chi connectivity index (χ3v) is 5.90. The molecule has 168 valence electrons. The van der Waals surface area contributed by atoms with E-state index in [1.165, 1.54) is 7.11 Å². The predicted molar refractivity (Wildman–Crippen MR) is 131 cm³/mol. The van der Waals surface area contributed by atoms with Crippen LogP contribution in [0.15, 0.2) is 85.1 Å². The molecule has 4 aromatic carbocycles. The quantitative estimate of drug-likeness (QED) is 0.305. The number of methoxy groups -OCH3 is 1. The Morgan fingerprint density at radius 3 is 2.41 bits per heavy atom. The van der Waals surface area contributed by atoms with Crippen LogP contribution in [0.1, 0.15) is 21.5 Å². The summed E-state index contributed by atoms with van der Waals surface area (Å²) in [5.41, 5.74) is 4.12. The maximum Gasteiger partial charge on any atom is 0.260 e. The Morgan fingerprint density at radius 1 is 0.853 bits per heavy atom. The second-order valence-corrected chi connectivity index (χ2v) is 8.05. The molecule has 0 bridgehead atoms. The lowest BCUT2D eigenvalue weighted by molar-refractivity contribution is -0.114. The van der Waals surface area contributed by atoms with Crippen molar-refractivity contribution in [2.24, 2.45) is 0 Å². The number of phenols is 1. The normalized spacial score (nSPS) is 14.1. The van der Waals surface area contributed by atoms with Crippen molar-refractivity contribution in [1.82, 2.24) is 10.6 Å². The van der Waals surface area contributed by atoms with Crippen molar-refractivity contribution >= 4 is 28.2 Å². The fourth-order valence-corrected chi connectivity index (χ4v) is 4.13. The second kappa shape index (κ2) is 8.75. The Kier molecular flexibility index (Phi) is 5.47. The highest BCUT2D eigenvalue weighted by Gasteiger charge is 2.27. The molecule has 34 heavy (non-hydrogen) atoms. The van der Waals surface area contributed by atoms with Gasteiger partial charge in [-0.15, -0.1) is 0 Å². The third-order valence-electron chi connectivity index (χ3n) is 5.90. The van der Waals surface area contributed by atoms with Crippen LogP contribution in [0.4, 0.5) is 0 Å². The molecule has 1 aliphatic rings. The van der Waals surface area contributed by atoms with E-state index in [2.05, 4.69) is 34.9 Å². The summed E-state index contributed by atoms with van der Waals surface area (Å²) in [6.45, 7) is 0.377. The Bertz CT molecular complexity index is 1470. The van der Waals surface area contributed by atoms with E-state index in [0.29, 0.717) is 29.0 Å². The molecule has 0 saturated heterocycles. The fourth-order valence-electron chi connectivity index (χ4n) is 4.13. The summed E-state index contributed by atoms with van der Waals surface area (Å²) in [6.07, 6.45) is 1.60. The molecule has 1 heterocycles. The van der Waals surface area contributed by atoms with Crippen LogP contribution < -0.4 is 15.4 Å². The first kappa shape index (κ1) is 21.3. The van der Waals surface area contributed by atoms with E-state index in [1.54, 1.807) is 24.4 Å². The fraction of sp³-hybridized carbons (Fsp3) is 0.0714. The third kappa shape index (κ3) is 3.97. The Balaban J connectivity index is 1.47. The van der Waals surface area contributed by atoms with Gasteiger partial charge in [0.2, 0.25) is 0 Å². The number of rotatable bonds is 5. The average Bonchev–Trinajstić information content (AvgIpc) is 2.85. The zero-order chi connectivity index (χ0) is 23.7. The molecule has 0 fully saturated rings. The van der Waals surface area contributed by atoms with Crippen LogP contribution in [-0.2, 0) is 11.3 Å². The minimum atomic E-state index is -0.460. The molecule has 0 saturated carbocycles. The minimum absolute atomic E-state index is 0.0424. The van der Waals surface area contributed by atoms with Gasteiger partial charge in [-0.25, -0.2) is 0 Å². The highest BCUT2D eigenvalue weighted by Crippen LogP contribution is 2.31. The van der Waals surface area contributed by atoms with Crippen LogP contribution in [0.3, 0.4) is 0 Å². The largest absolute Gasteiger partial charge is 0.504 e. The van der Waals surface area contributed by atoms with Crippen molar-refractivity contribution in [2.75, 3.05) is 7.11 Å². The highest BCUT2D eigenvalue weighted by molar-refractivity contribution is 6.31. The van der Waals surface area contributed by atoms with Crippen LogP contribution in [0, 0.1) is 0 Å². The van der Waals surface area contributed by atoms with Gasteiger partial charge in [0.05, 0.1) is 12.7 Å². The molecule has 0 unspecified atom stereocenters. The summed E-state index contributed by atoms with van der Waals surface area (Å²) in [5.74, 6) is -0.441. The zero-order valence-corrected chi connectivity index (χ0v) is 18.5. The molecule has 2 amide bonds. The number of carbonyl (C=O) groups is 2. The summed E-state index contributed by atoms with van der Waals surface area (Å²) in [6, 6.07) is 24.9. The predicted octanol–water partition coefficient (Wildman–Crippen LogP) is 4.62. The number of ether oxygens (including phenoxy) is 1. The van der Waals surface area contributed by atoms with Gasteiger partial charge in [0, 0.05) is 23.9 Å². The van der Waals surface area contributed by atoms with E-state index in [-0.39, 0.29) is 5.75 Å². The molecule has 3 N–H and O–H groups in total. The molecule has 0 atom stereocenters. The van der Waals surface area contributed by atoms with Gasteiger partial charge in [-0.1, -0.05) is 48.5 Å². The molecule has 1 aliphatic heterocycles. The van der Waals surface area contributed by atoms with Gasteiger partial charge < -0.3 is 15.2 Å². The molecule has 0 radical (unpaired) electrons. The molecule has 4 aromatic rings. The number of aromatic hydroxyl groups is 1. The molecule has 0 aromatic heterocycles. The van der Waals surface area contributed by atoms with Gasteiger partial charge in [0.25, 0.3) is 11.8 Å². The Hall–Kier alpha value is -4.58. The van der Waals surface area contributed by atoms with E-state index in [1.807, 2.05) is 36.4 Å². The lowest BCUT2D eigenvalue weighted by Crippen LogP contribution is -2.37. The number of amides is 2. The van der Waals surface area contributed by atoms with E-state index < -0.39 is 11.8 Å². The molecule has 0 aliphatic carbocycles. The van der Waals surface area contributed by atoms with Crippen molar-refractivity contribution in [3.63, 3.8) is 0 Å². The monoisotopic (exact) mass is 450 g/mol. The van der Waals surface area contributed by atoms with Crippen LogP contribution in [0.2, 0.25) is 0 Å². The van der Waals surface area contributed by atoms with Crippen molar-refractivity contribution in [3.05, 3.63) is 102 Å². The smallest absolute Gasteiger partial charge is 0.260 e. The molecular weight excluding hydrogens is 428 g/mol. The van der Waals surface area contributed by atoms with Gasteiger partial charge in [-0.3, -0.25) is 14.9 Å². The zero-order valence-electron chi connectivity index (χ0n) is 18.5. The maximum atomic E-state index is 12.7. The Labute approximate surface area is 196 Å². The van der Waals surface area contributed by atoms with E-state index in [9.17, 15) is 14.7 Å². The Morgan fingerprint density at radius 2 is 1.62 bits per heavy atom. The lowest BCUT2D eigenvalue weighted by atomic mass is 9.91. The van der Waals surface area contributed by atoms with E-state index in [4.69, 9.17) is 4.74 Å². The van der Waals surface area contributed by atoms with Crippen molar-refractivity contribution in [3.8, 4) is 22.6 Å². The van der Waals surface area contributed by atoms with Crippen LogP contribution >= 0.6 is 0 Å². The number of hydrogen-bond donors (Lipinski definition) is 3. The van der Waals surface area contributed by atoms with Crippen molar-refractivity contribution in [2.45, 2.75) is 6.54 Å². The first-order chi connectivity index (χ1) is 16.5. The van der Waals surface area contributed by atoms with Gasteiger partial charge in [-0.2, -0.15) is 0 Å². The summed E-state index contributed by atoms with van der Waals surface area (Å²) >= 11 is 0. The number of imide groups is 1. The van der Waals surface area contributed by atoms with Gasteiger partial charge in [0.15, 0.2) is 11.5 Å². The van der Waals surface area contributed by atoms with Gasteiger partial charge >= 0.3 is 0 Å². The van der Waals surface area contributed by atoms with E-state index >= 15 is 0 Å². The highest BCUT2D eigenvalue weighted by atomic mass is 16.5. The number of benzene rings is 4. The minimum Gasteiger partial charge on any atom is -0.504 e. The molecular formula is C28H22N2O4. The van der Waals surface area contributed by atoms with Crippen LogP contribution in [0.5, 0.6) is 11.5 Å². The van der Waals surface area contributed by atoms with Gasteiger partial charge in [0.1, 0.15) is 0 Å². The summed E-state index contributed by atoms with van der Waals surface area (Å²) in [5, 5.41) is 17.8. The van der Waals surface area contributed by atoms with E-state index in [0.717, 1.165) is 27.5 Å². The molecule has 5 rings (SSSR count). The maximum absolute atomic E-state index is 12.7. The summed E-state index contributed by atoms with van der Waals surface area (Å²) in [4.78, 5) is 25.1. The van der Waals surface area contributed by atoms with Crippen molar-refractivity contribution in [1.29, 1.82) is 0 Å². The van der Waals surface area contributed by atoms with Crippen molar-refractivity contribution < 1.29 is 19.4 Å². The number of phenolic OH excluding ortho intramolecular Hbond substituents is 1. The lowest BCUT2D eigenvalue weighted by Gasteiger charge is -2.19. The summed E-state index contributed by atoms with van der Waals surface area (Å²) in [7, 11) is 1.49. The second-order valence-electron chi connectivity index (χ2n) is 8.05. The molecule has 6 nitrogen and oxygen atoms in total. The SMILES string of the molecule is COc1ccc(CN/C=C2\C(=O)NC(=O)c3ccc(-c4ccc5ccccc5c4)cc32)cc1O. The van der Waals surface area contributed by atoms with Crippen LogP contribution in [0.25, 0.3) is 27.5 Å². The first-order valence-corrected chi connectivity index (χ1v) is 10.8. The number of carbonyl (C=O) groups excluding carboxylic acids is 2. The molecule has 0 spiro atoms. The number of hydrogen-bond acceptors (Lipinski definition) is 5. The number of nitrogens with one attached hydrogen (secondary N) is 2. The van der Waals surface area contributed by atoms with Gasteiger partial charge in [-0.05, 0) is 57.8 Å². The average molecular weight is 450 g/mol. The molecule has 6 heteroatoms. The van der Waals surface area contributed by atoms with Crippen LogP contribution in [-0.4, -0.2) is 24.0 Å².